The molecule has 0 spiro atoms. The number of rotatable bonds is 4. The van der Waals surface area contributed by atoms with Crippen molar-refractivity contribution >= 4 is 76.3 Å². The number of para-hydroxylation sites is 2. The minimum atomic E-state index is 0.898. The second-order valence-electron chi connectivity index (χ2n) is 14.5. The van der Waals surface area contributed by atoms with Crippen LogP contribution in [0.25, 0.3) is 110 Å². The van der Waals surface area contributed by atoms with Crippen LogP contribution in [-0.2, 0) is 0 Å². The number of fused-ring (bicyclic) bond motifs is 11. The lowest BCUT2D eigenvalue weighted by Crippen LogP contribution is -1.95. The van der Waals surface area contributed by atoms with Crippen LogP contribution in [0.2, 0.25) is 0 Å². The van der Waals surface area contributed by atoms with E-state index in [0.29, 0.717) is 0 Å². The lowest BCUT2D eigenvalue weighted by molar-refractivity contribution is 0.669. The van der Waals surface area contributed by atoms with Gasteiger partial charge in [-0.2, -0.15) is 0 Å². The third kappa shape index (κ3) is 4.44. The molecule has 0 saturated heterocycles. The molecule has 0 atom stereocenters. The first-order chi connectivity index (χ1) is 27.3. The molecule has 256 valence electrons. The van der Waals surface area contributed by atoms with Gasteiger partial charge in [0.15, 0.2) is 0 Å². The maximum absolute atomic E-state index is 6.45. The zero-order valence-electron chi connectivity index (χ0n) is 29.8. The molecule has 0 bridgehead atoms. The van der Waals surface area contributed by atoms with Gasteiger partial charge in [0.1, 0.15) is 11.2 Å². The van der Waals surface area contributed by atoms with Crippen LogP contribution in [0.1, 0.15) is 0 Å². The first kappa shape index (κ1) is 30.1. The fourth-order valence-electron chi connectivity index (χ4n) is 9.01. The number of nitrogens with zero attached hydrogens (tertiary/aromatic N) is 2. The third-order valence-electron chi connectivity index (χ3n) is 11.5. The molecule has 3 heteroatoms. The first-order valence-electron chi connectivity index (χ1n) is 18.8. The number of hydrogen-bond acceptors (Lipinski definition) is 1. The summed E-state index contributed by atoms with van der Waals surface area (Å²) in [6, 6.07) is 70.2. The zero-order valence-corrected chi connectivity index (χ0v) is 29.8. The Kier molecular flexibility index (Phi) is 6.34. The van der Waals surface area contributed by atoms with Gasteiger partial charge in [-0.05, 0) is 94.4 Å². The molecule has 0 saturated carbocycles. The Balaban J connectivity index is 1.08. The highest BCUT2D eigenvalue weighted by molar-refractivity contribution is 6.25. The van der Waals surface area contributed by atoms with E-state index >= 15 is 0 Å². The minimum absolute atomic E-state index is 0.898. The van der Waals surface area contributed by atoms with Crippen molar-refractivity contribution in [2.24, 2.45) is 0 Å². The van der Waals surface area contributed by atoms with Crippen LogP contribution < -0.4 is 0 Å². The monoisotopic (exact) mass is 700 g/mol. The average molecular weight is 701 g/mol. The second-order valence-corrected chi connectivity index (χ2v) is 14.5. The van der Waals surface area contributed by atoms with Crippen LogP contribution in [0, 0.1) is 0 Å². The largest absolute Gasteiger partial charge is 0.456 e. The Morgan fingerprint density at radius 1 is 0.327 bits per heavy atom. The fraction of sp³-hybridized carbons (Fsp3) is 0. The van der Waals surface area contributed by atoms with E-state index in [-0.39, 0.29) is 0 Å². The van der Waals surface area contributed by atoms with Crippen molar-refractivity contribution in [3.8, 4) is 33.6 Å². The summed E-state index contributed by atoms with van der Waals surface area (Å²) in [5.41, 5.74) is 13.7. The average Bonchev–Trinajstić information content (AvgIpc) is 3.91. The number of hydrogen-bond donors (Lipinski definition) is 0. The second kappa shape index (κ2) is 11.6. The van der Waals surface area contributed by atoms with Gasteiger partial charge in [0.05, 0.1) is 33.1 Å². The molecule has 3 nitrogen and oxygen atoms in total. The van der Waals surface area contributed by atoms with Gasteiger partial charge in [0.2, 0.25) is 0 Å². The summed E-state index contributed by atoms with van der Waals surface area (Å²) in [5.74, 6) is 0. The summed E-state index contributed by atoms with van der Waals surface area (Å²) >= 11 is 0. The molecule has 55 heavy (non-hydrogen) atoms. The van der Waals surface area contributed by atoms with E-state index in [9.17, 15) is 0 Å². The maximum Gasteiger partial charge on any atom is 0.137 e. The van der Waals surface area contributed by atoms with Crippen LogP contribution in [0.5, 0.6) is 0 Å². The normalized spacial score (nSPS) is 12.0. The molecular formula is C52H32N2O. The maximum atomic E-state index is 6.45. The lowest BCUT2D eigenvalue weighted by atomic mass is 10.00. The molecule has 0 unspecified atom stereocenters. The van der Waals surface area contributed by atoms with Gasteiger partial charge in [-0.3, -0.25) is 0 Å². The lowest BCUT2D eigenvalue weighted by Gasteiger charge is -2.12. The van der Waals surface area contributed by atoms with Gasteiger partial charge in [0, 0.05) is 38.0 Å². The van der Waals surface area contributed by atoms with Gasteiger partial charge < -0.3 is 13.6 Å². The Hall–Kier alpha value is -7.36. The Morgan fingerprint density at radius 3 is 1.75 bits per heavy atom. The number of furan rings is 1. The highest BCUT2D eigenvalue weighted by Crippen LogP contribution is 2.43. The zero-order chi connectivity index (χ0) is 36.0. The van der Waals surface area contributed by atoms with Crippen LogP contribution in [-0.4, -0.2) is 9.13 Å². The van der Waals surface area contributed by atoms with Crippen molar-refractivity contribution in [2.75, 3.05) is 0 Å². The van der Waals surface area contributed by atoms with E-state index in [0.717, 1.165) is 33.3 Å². The minimum Gasteiger partial charge on any atom is -0.456 e. The molecule has 0 fully saturated rings. The van der Waals surface area contributed by atoms with Gasteiger partial charge in [0.25, 0.3) is 0 Å². The fourth-order valence-corrected chi connectivity index (χ4v) is 9.01. The molecule has 9 aromatic carbocycles. The van der Waals surface area contributed by atoms with E-state index < -0.39 is 0 Å². The summed E-state index contributed by atoms with van der Waals surface area (Å²) in [4.78, 5) is 0. The molecule has 0 aliphatic rings. The predicted molar refractivity (Wildman–Crippen MR) is 231 cm³/mol. The molecule has 12 rings (SSSR count). The predicted octanol–water partition coefficient (Wildman–Crippen LogP) is 14.3. The van der Waals surface area contributed by atoms with Crippen LogP contribution in [0.4, 0.5) is 0 Å². The summed E-state index contributed by atoms with van der Waals surface area (Å²) < 4.78 is 11.3. The standard InChI is InChI=1S/C52H32N2O/c1-2-11-33(12-3-1)34-21-25-38(26-22-34)53-46-18-8-6-16-40(46)43-31-36(23-28-47(43)53)37-24-29-48-44(32-37)41-27-30-50-51(42-17-7-9-20-49(42)55-50)52(41)54(48)45-19-10-14-35-13-4-5-15-39(35)45/h1-32H. The van der Waals surface area contributed by atoms with Crippen molar-refractivity contribution in [2.45, 2.75) is 0 Å². The van der Waals surface area contributed by atoms with E-state index in [4.69, 9.17) is 4.42 Å². The Bertz CT molecular complexity index is 3470. The van der Waals surface area contributed by atoms with Crippen molar-refractivity contribution in [1.29, 1.82) is 0 Å². The summed E-state index contributed by atoms with van der Waals surface area (Å²) in [6.45, 7) is 0. The van der Waals surface area contributed by atoms with Gasteiger partial charge in [-0.15, -0.1) is 0 Å². The van der Waals surface area contributed by atoms with Crippen molar-refractivity contribution in [3.05, 3.63) is 194 Å². The molecule has 0 amide bonds. The molecule has 3 aromatic heterocycles. The van der Waals surface area contributed by atoms with Crippen LogP contribution >= 0.6 is 0 Å². The first-order valence-corrected chi connectivity index (χ1v) is 18.8. The van der Waals surface area contributed by atoms with Crippen molar-refractivity contribution in [1.82, 2.24) is 9.13 Å². The third-order valence-corrected chi connectivity index (χ3v) is 11.5. The summed E-state index contributed by atoms with van der Waals surface area (Å²) in [6.07, 6.45) is 0. The molecule has 0 radical (unpaired) electrons. The quantitative estimate of drug-likeness (QED) is 0.179. The SMILES string of the molecule is c1ccc(-c2ccc(-n3c4ccccc4c4cc(-c5ccc6c(c5)c5ccc7oc8ccccc8c7c5n6-c5cccc6ccccc56)ccc43)cc2)cc1. The summed E-state index contributed by atoms with van der Waals surface area (Å²) in [5, 5.41) is 9.62. The Morgan fingerprint density at radius 2 is 0.927 bits per heavy atom. The van der Waals surface area contributed by atoms with E-state index in [2.05, 4.69) is 197 Å². The smallest absolute Gasteiger partial charge is 0.137 e. The van der Waals surface area contributed by atoms with E-state index in [1.807, 2.05) is 6.07 Å². The number of aromatic nitrogens is 2. The van der Waals surface area contributed by atoms with Crippen molar-refractivity contribution in [3.63, 3.8) is 0 Å². The van der Waals surface area contributed by atoms with Crippen LogP contribution in [0.15, 0.2) is 199 Å². The van der Waals surface area contributed by atoms with E-state index in [1.165, 1.54) is 76.6 Å². The van der Waals surface area contributed by atoms with Gasteiger partial charge >= 0.3 is 0 Å². The molecular weight excluding hydrogens is 669 g/mol. The van der Waals surface area contributed by atoms with Crippen molar-refractivity contribution < 1.29 is 4.42 Å². The van der Waals surface area contributed by atoms with Gasteiger partial charge in [-0.1, -0.05) is 127 Å². The van der Waals surface area contributed by atoms with E-state index in [1.54, 1.807) is 0 Å². The molecule has 0 aliphatic heterocycles. The molecule has 3 heterocycles. The highest BCUT2D eigenvalue weighted by atomic mass is 16.3. The molecule has 12 aromatic rings. The molecule has 0 aliphatic carbocycles. The Labute approximate surface area is 316 Å². The molecule has 0 N–H and O–H groups in total. The van der Waals surface area contributed by atoms with Crippen LogP contribution in [0.3, 0.4) is 0 Å². The topological polar surface area (TPSA) is 23.0 Å². The summed E-state index contributed by atoms with van der Waals surface area (Å²) in [7, 11) is 0. The van der Waals surface area contributed by atoms with Gasteiger partial charge in [-0.25, -0.2) is 0 Å². The highest BCUT2D eigenvalue weighted by Gasteiger charge is 2.21. The number of benzene rings is 9.